The minimum absolute atomic E-state index is 0.0251. The molecule has 1 saturated heterocycles. The number of hydrogen-bond acceptors (Lipinski definition) is 7. The Morgan fingerprint density at radius 2 is 1.88 bits per heavy atom. The Morgan fingerprint density at radius 3 is 2.61 bits per heavy atom. The summed E-state index contributed by atoms with van der Waals surface area (Å²) in [6.45, 7) is 1.56. The molecule has 3 amide bonds. The van der Waals surface area contributed by atoms with E-state index in [4.69, 9.17) is 9.15 Å². The summed E-state index contributed by atoms with van der Waals surface area (Å²) in [7, 11) is 2.55. The number of nitrogens with zero attached hydrogens (tertiary/aromatic N) is 2. The third kappa shape index (κ3) is 3.98. The number of hydrogen-bond donors (Lipinski definition) is 1. The average molecular weight is 451 g/mol. The summed E-state index contributed by atoms with van der Waals surface area (Å²) in [5.41, 5.74) is 1.51. The highest BCUT2D eigenvalue weighted by Crippen LogP contribution is 2.28. The topological polar surface area (TPSA) is 120 Å². The van der Waals surface area contributed by atoms with Crippen LogP contribution in [0.25, 0.3) is 17.0 Å². The molecule has 1 atom stereocenters. The average Bonchev–Trinajstić information content (AvgIpc) is 3.51. The first-order chi connectivity index (χ1) is 15.8. The Hall–Kier alpha value is -4.34. The molecule has 33 heavy (non-hydrogen) atoms. The van der Waals surface area contributed by atoms with Crippen LogP contribution in [0.3, 0.4) is 0 Å². The van der Waals surface area contributed by atoms with Gasteiger partial charge in [-0.3, -0.25) is 9.69 Å². The molecule has 170 valence electrons. The molecule has 0 saturated carbocycles. The van der Waals surface area contributed by atoms with Crippen LogP contribution in [0.2, 0.25) is 0 Å². The normalized spacial score (nSPS) is 15.7. The van der Waals surface area contributed by atoms with Crippen LogP contribution in [-0.4, -0.2) is 47.6 Å². The van der Waals surface area contributed by atoms with Gasteiger partial charge in [0.25, 0.3) is 5.91 Å². The highest BCUT2D eigenvalue weighted by atomic mass is 16.5. The molecule has 3 heterocycles. The molecular weight excluding hydrogens is 430 g/mol. The second kappa shape index (κ2) is 8.65. The number of rotatable bonds is 6. The molecule has 1 N–H and O–H groups in total. The summed E-state index contributed by atoms with van der Waals surface area (Å²) in [5.74, 6) is -1.38. The second-order valence-electron chi connectivity index (χ2n) is 7.34. The molecule has 0 unspecified atom stereocenters. The largest absolute Gasteiger partial charge is 0.467 e. The van der Waals surface area contributed by atoms with E-state index in [0.29, 0.717) is 5.56 Å². The lowest BCUT2D eigenvalue weighted by molar-refractivity contribution is -0.143. The number of furan rings is 1. The predicted molar refractivity (Wildman–Crippen MR) is 116 cm³/mol. The van der Waals surface area contributed by atoms with Gasteiger partial charge in [0, 0.05) is 22.7 Å². The van der Waals surface area contributed by atoms with Gasteiger partial charge in [-0.15, -0.1) is 0 Å². The minimum atomic E-state index is -0.656. The monoisotopic (exact) mass is 451 g/mol. The van der Waals surface area contributed by atoms with E-state index in [1.54, 1.807) is 23.8 Å². The van der Waals surface area contributed by atoms with E-state index in [0.717, 1.165) is 15.8 Å². The molecule has 0 spiro atoms. The maximum Gasteiger partial charge on any atom is 0.373 e. The van der Waals surface area contributed by atoms with E-state index in [-0.39, 0.29) is 23.8 Å². The lowest BCUT2D eigenvalue weighted by Gasteiger charge is -2.12. The van der Waals surface area contributed by atoms with Crippen molar-refractivity contribution in [3.05, 3.63) is 65.4 Å². The van der Waals surface area contributed by atoms with E-state index in [1.165, 1.54) is 26.4 Å². The van der Waals surface area contributed by atoms with Crippen LogP contribution in [0.1, 0.15) is 34.8 Å². The first-order valence-corrected chi connectivity index (χ1v) is 10.0. The van der Waals surface area contributed by atoms with Gasteiger partial charge in [-0.2, -0.15) is 0 Å². The van der Waals surface area contributed by atoms with Crippen molar-refractivity contribution in [1.29, 1.82) is 0 Å². The number of esters is 2. The number of nitrogens with one attached hydrogen (secondary N) is 1. The summed E-state index contributed by atoms with van der Waals surface area (Å²) in [6.07, 6.45) is 3.29. The summed E-state index contributed by atoms with van der Waals surface area (Å²) in [6, 6.07) is 9.11. The van der Waals surface area contributed by atoms with E-state index < -0.39 is 29.9 Å². The number of carbonyl (C=O) groups is 4. The van der Waals surface area contributed by atoms with Crippen LogP contribution in [0.4, 0.5) is 4.79 Å². The Morgan fingerprint density at radius 1 is 1.12 bits per heavy atom. The lowest BCUT2D eigenvalue weighted by atomic mass is 10.1. The summed E-state index contributed by atoms with van der Waals surface area (Å²) < 4.78 is 16.5. The Labute approximate surface area is 188 Å². The maximum atomic E-state index is 12.9. The van der Waals surface area contributed by atoms with Crippen molar-refractivity contribution in [2.75, 3.05) is 14.2 Å². The SMILES string of the molecule is COC(=O)c1ccc(CN2C(=O)N/C(=C\c3cn([C@H](C)C(=O)OC)c4ccccc34)C2=O)o1. The number of imide groups is 1. The fourth-order valence-electron chi connectivity index (χ4n) is 3.65. The zero-order valence-electron chi connectivity index (χ0n) is 18.2. The number of ether oxygens (including phenoxy) is 2. The molecule has 10 heteroatoms. The third-order valence-corrected chi connectivity index (χ3v) is 5.36. The Balaban J connectivity index is 1.63. The first-order valence-electron chi connectivity index (χ1n) is 10.0. The van der Waals surface area contributed by atoms with E-state index in [2.05, 4.69) is 10.1 Å². The first kappa shape index (κ1) is 21.9. The number of aromatic nitrogens is 1. The fraction of sp³-hybridized carbons (Fsp3) is 0.217. The number of fused-ring (bicyclic) bond motifs is 1. The van der Waals surface area contributed by atoms with Gasteiger partial charge in [0.1, 0.15) is 17.5 Å². The molecule has 4 rings (SSSR count). The zero-order chi connectivity index (χ0) is 23.7. The standard InChI is InChI=1S/C23H21N3O7/c1-13(21(28)31-2)25-11-14(16-6-4-5-7-18(16)25)10-17-20(27)26(23(30)24-17)12-15-8-9-19(33-15)22(29)32-3/h4-11,13H,12H2,1-3H3,(H,24,30)/b17-10-/t13-/m1/s1. The third-order valence-electron chi connectivity index (χ3n) is 5.36. The number of amides is 3. The number of para-hydroxylation sites is 1. The van der Waals surface area contributed by atoms with Gasteiger partial charge in [0.15, 0.2) is 0 Å². The van der Waals surface area contributed by atoms with Gasteiger partial charge in [0.2, 0.25) is 5.76 Å². The van der Waals surface area contributed by atoms with Crippen LogP contribution >= 0.6 is 0 Å². The summed E-state index contributed by atoms with van der Waals surface area (Å²) in [5, 5.41) is 3.37. The number of benzene rings is 1. The number of carbonyl (C=O) groups excluding carboxylic acids is 4. The van der Waals surface area contributed by atoms with Gasteiger partial charge in [-0.25, -0.2) is 14.4 Å². The molecule has 0 radical (unpaired) electrons. The van der Waals surface area contributed by atoms with Crippen molar-refractivity contribution in [1.82, 2.24) is 14.8 Å². The smallest absolute Gasteiger partial charge is 0.373 e. The van der Waals surface area contributed by atoms with E-state index in [9.17, 15) is 19.2 Å². The van der Waals surface area contributed by atoms with E-state index >= 15 is 0 Å². The molecule has 1 aliphatic rings. The minimum Gasteiger partial charge on any atom is -0.467 e. The quantitative estimate of drug-likeness (QED) is 0.348. The molecule has 1 fully saturated rings. The molecule has 1 aliphatic heterocycles. The van der Waals surface area contributed by atoms with Gasteiger partial charge >= 0.3 is 18.0 Å². The summed E-state index contributed by atoms with van der Waals surface area (Å²) >= 11 is 0. The second-order valence-corrected chi connectivity index (χ2v) is 7.34. The van der Waals surface area contributed by atoms with Crippen LogP contribution in [0.5, 0.6) is 0 Å². The molecule has 1 aromatic carbocycles. The van der Waals surface area contributed by atoms with E-state index in [1.807, 2.05) is 24.3 Å². The lowest BCUT2D eigenvalue weighted by Crippen LogP contribution is -2.30. The van der Waals surface area contributed by atoms with Crippen molar-refractivity contribution >= 4 is 40.9 Å². The molecule has 0 aliphatic carbocycles. The fourth-order valence-corrected chi connectivity index (χ4v) is 3.65. The van der Waals surface area contributed by atoms with Gasteiger partial charge in [-0.1, -0.05) is 18.2 Å². The van der Waals surface area contributed by atoms with Crippen molar-refractivity contribution in [2.24, 2.45) is 0 Å². The van der Waals surface area contributed by atoms with Crippen molar-refractivity contribution in [2.45, 2.75) is 19.5 Å². The highest BCUT2D eigenvalue weighted by Gasteiger charge is 2.34. The molecule has 3 aromatic rings. The molecule has 2 aromatic heterocycles. The molecule has 10 nitrogen and oxygen atoms in total. The highest BCUT2D eigenvalue weighted by molar-refractivity contribution is 6.14. The molecular formula is C23H21N3O7. The Kier molecular flexibility index (Phi) is 5.74. The summed E-state index contributed by atoms with van der Waals surface area (Å²) in [4.78, 5) is 50.0. The van der Waals surface area contributed by atoms with Crippen LogP contribution in [0, 0.1) is 0 Å². The van der Waals surface area contributed by atoms with Crippen molar-refractivity contribution in [3.8, 4) is 0 Å². The van der Waals surface area contributed by atoms with Gasteiger partial charge < -0.3 is 23.8 Å². The van der Waals surface area contributed by atoms with Gasteiger partial charge in [0.05, 0.1) is 20.8 Å². The van der Waals surface area contributed by atoms with Crippen LogP contribution in [0.15, 0.2) is 52.7 Å². The Bertz CT molecular complexity index is 1300. The zero-order valence-corrected chi connectivity index (χ0v) is 18.2. The van der Waals surface area contributed by atoms with Gasteiger partial charge in [-0.05, 0) is 31.2 Å². The molecule has 0 bridgehead atoms. The van der Waals surface area contributed by atoms with Crippen molar-refractivity contribution in [3.63, 3.8) is 0 Å². The predicted octanol–water partition coefficient (Wildman–Crippen LogP) is 2.85. The number of urea groups is 1. The number of methoxy groups -OCH3 is 2. The van der Waals surface area contributed by atoms with Crippen LogP contribution in [-0.2, 0) is 25.6 Å². The van der Waals surface area contributed by atoms with Crippen molar-refractivity contribution < 1.29 is 33.1 Å². The maximum absolute atomic E-state index is 12.9. The van der Waals surface area contributed by atoms with Crippen LogP contribution < -0.4 is 5.32 Å².